The van der Waals surface area contributed by atoms with Gasteiger partial charge in [0.25, 0.3) is 0 Å². The van der Waals surface area contributed by atoms with Gasteiger partial charge in [0.1, 0.15) is 5.78 Å². The standard InChI is InChI=1S/C10H17NO2S/c12-10-3-1-2-9(10)8-11-4-6-14(13)7-5-11/h9H,1-8H2. The van der Waals surface area contributed by atoms with Crippen LogP contribution < -0.4 is 0 Å². The molecule has 2 fully saturated rings. The van der Waals surface area contributed by atoms with E-state index in [1.165, 1.54) is 0 Å². The molecule has 1 aliphatic carbocycles. The van der Waals surface area contributed by atoms with Crippen molar-refractivity contribution in [1.29, 1.82) is 0 Å². The van der Waals surface area contributed by atoms with Crippen LogP contribution in [0, 0.1) is 5.92 Å². The summed E-state index contributed by atoms with van der Waals surface area (Å²) < 4.78 is 11.1. The minimum Gasteiger partial charge on any atom is -0.301 e. The first-order chi connectivity index (χ1) is 6.75. The van der Waals surface area contributed by atoms with Gasteiger partial charge in [-0.3, -0.25) is 9.00 Å². The highest BCUT2D eigenvalue weighted by atomic mass is 32.2. The molecule has 4 heteroatoms. The largest absolute Gasteiger partial charge is 0.301 e. The molecule has 2 rings (SSSR count). The molecule has 80 valence electrons. The average molecular weight is 215 g/mol. The van der Waals surface area contributed by atoms with Crippen molar-refractivity contribution < 1.29 is 9.00 Å². The van der Waals surface area contributed by atoms with Crippen LogP contribution in [0.15, 0.2) is 0 Å². The van der Waals surface area contributed by atoms with Crippen LogP contribution in [-0.2, 0) is 15.6 Å². The van der Waals surface area contributed by atoms with E-state index in [-0.39, 0.29) is 5.92 Å². The first kappa shape index (κ1) is 10.3. The summed E-state index contributed by atoms with van der Waals surface area (Å²) >= 11 is 0. The zero-order valence-electron chi connectivity index (χ0n) is 8.41. The SMILES string of the molecule is O=C1CCCC1CN1CCS(=O)CC1. The van der Waals surface area contributed by atoms with Crippen LogP contribution in [0.1, 0.15) is 19.3 Å². The molecule has 1 heterocycles. The molecule has 0 aromatic heterocycles. The Morgan fingerprint density at radius 1 is 1.36 bits per heavy atom. The summed E-state index contributed by atoms with van der Waals surface area (Å²) in [6, 6.07) is 0. The number of nitrogens with zero attached hydrogens (tertiary/aromatic N) is 1. The Morgan fingerprint density at radius 2 is 2.07 bits per heavy atom. The van der Waals surface area contributed by atoms with E-state index in [9.17, 15) is 9.00 Å². The maximum atomic E-state index is 11.4. The van der Waals surface area contributed by atoms with Crippen molar-refractivity contribution in [3.05, 3.63) is 0 Å². The first-order valence-corrected chi connectivity index (χ1v) is 6.84. The molecule has 14 heavy (non-hydrogen) atoms. The van der Waals surface area contributed by atoms with Crippen LogP contribution >= 0.6 is 0 Å². The summed E-state index contributed by atoms with van der Waals surface area (Å²) in [6.45, 7) is 2.74. The normalized spacial score (nSPS) is 31.1. The Bertz CT molecular complexity index is 245. The summed E-state index contributed by atoms with van der Waals surface area (Å²) in [6.07, 6.45) is 2.92. The highest BCUT2D eigenvalue weighted by Gasteiger charge is 2.27. The summed E-state index contributed by atoms with van der Waals surface area (Å²) in [5.74, 6) is 2.31. The lowest BCUT2D eigenvalue weighted by atomic mass is 10.1. The lowest BCUT2D eigenvalue weighted by Gasteiger charge is -2.27. The van der Waals surface area contributed by atoms with Gasteiger partial charge in [-0.15, -0.1) is 0 Å². The number of carbonyl (C=O) groups excluding carboxylic acids is 1. The van der Waals surface area contributed by atoms with Gasteiger partial charge in [-0.05, 0) is 12.8 Å². The molecule has 1 saturated heterocycles. The van der Waals surface area contributed by atoms with E-state index in [0.29, 0.717) is 5.78 Å². The molecular weight excluding hydrogens is 198 g/mol. The van der Waals surface area contributed by atoms with Gasteiger partial charge in [0.15, 0.2) is 0 Å². The molecular formula is C10H17NO2S. The van der Waals surface area contributed by atoms with E-state index in [4.69, 9.17) is 0 Å². The highest BCUT2D eigenvalue weighted by Crippen LogP contribution is 2.22. The molecule has 0 aromatic carbocycles. The molecule has 1 atom stereocenters. The fourth-order valence-corrected chi connectivity index (χ4v) is 3.38. The van der Waals surface area contributed by atoms with Crippen LogP contribution in [0.5, 0.6) is 0 Å². The van der Waals surface area contributed by atoms with Crippen molar-refractivity contribution in [2.24, 2.45) is 5.92 Å². The molecule has 0 amide bonds. The van der Waals surface area contributed by atoms with Crippen LogP contribution in [0.4, 0.5) is 0 Å². The minimum absolute atomic E-state index is 0.279. The summed E-state index contributed by atoms with van der Waals surface area (Å²) in [5, 5.41) is 0. The molecule has 1 unspecified atom stereocenters. The second-order valence-electron chi connectivity index (χ2n) is 4.20. The van der Waals surface area contributed by atoms with Crippen molar-refractivity contribution >= 4 is 16.6 Å². The predicted molar refractivity (Wildman–Crippen MR) is 56.7 cm³/mol. The minimum atomic E-state index is -0.599. The molecule has 1 saturated carbocycles. The van der Waals surface area contributed by atoms with E-state index in [0.717, 1.165) is 50.4 Å². The number of Topliss-reactive ketones (excluding diaryl/α,β-unsaturated/α-hetero) is 1. The fraction of sp³-hybridized carbons (Fsp3) is 0.900. The number of hydrogen-bond acceptors (Lipinski definition) is 3. The molecule has 3 nitrogen and oxygen atoms in total. The zero-order chi connectivity index (χ0) is 9.97. The fourth-order valence-electron chi connectivity index (χ4n) is 2.25. The Labute approximate surface area is 87.3 Å². The number of ketones is 1. The van der Waals surface area contributed by atoms with Crippen molar-refractivity contribution in [2.45, 2.75) is 19.3 Å². The van der Waals surface area contributed by atoms with E-state index >= 15 is 0 Å². The number of rotatable bonds is 2. The van der Waals surface area contributed by atoms with Gasteiger partial charge in [-0.25, -0.2) is 0 Å². The van der Waals surface area contributed by atoms with Crippen molar-refractivity contribution in [3.63, 3.8) is 0 Å². The van der Waals surface area contributed by atoms with E-state index in [1.807, 2.05) is 0 Å². The lowest BCUT2D eigenvalue weighted by molar-refractivity contribution is -0.121. The molecule has 0 N–H and O–H groups in total. The van der Waals surface area contributed by atoms with Gasteiger partial charge in [-0.2, -0.15) is 0 Å². The van der Waals surface area contributed by atoms with Crippen LogP contribution in [0.25, 0.3) is 0 Å². The van der Waals surface area contributed by atoms with E-state index in [2.05, 4.69) is 4.90 Å². The van der Waals surface area contributed by atoms with Crippen molar-refractivity contribution in [2.75, 3.05) is 31.1 Å². The monoisotopic (exact) mass is 215 g/mol. The third-order valence-electron chi connectivity index (χ3n) is 3.18. The topological polar surface area (TPSA) is 37.4 Å². The van der Waals surface area contributed by atoms with Gasteiger partial charge >= 0.3 is 0 Å². The van der Waals surface area contributed by atoms with Gasteiger partial charge < -0.3 is 4.90 Å². The van der Waals surface area contributed by atoms with Gasteiger partial charge in [-0.1, -0.05) is 0 Å². The molecule has 0 spiro atoms. The van der Waals surface area contributed by atoms with Crippen LogP contribution in [-0.4, -0.2) is 46.0 Å². The third kappa shape index (κ3) is 2.42. The van der Waals surface area contributed by atoms with Gasteiger partial charge in [0.05, 0.1) is 0 Å². The molecule has 0 bridgehead atoms. The third-order valence-corrected chi connectivity index (χ3v) is 4.46. The smallest absolute Gasteiger partial charge is 0.137 e. The Morgan fingerprint density at radius 3 is 2.64 bits per heavy atom. The maximum absolute atomic E-state index is 11.4. The number of hydrogen-bond donors (Lipinski definition) is 0. The summed E-state index contributed by atoms with van der Waals surface area (Å²) in [7, 11) is -0.599. The number of carbonyl (C=O) groups is 1. The van der Waals surface area contributed by atoms with Gasteiger partial charge in [0, 0.05) is 54.3 Å². The molecule has 0 aromatic rings. The van der Waals surface area contributed by atoms with Crippen LogP contribution in [0.2, 0.25) is 0 Å². The lowest BCUT2D eigenvalue weighted by Crippen LogP contribution is -2.41. The second kappa shape index (κ2) is 4.53. The second-order valence-corrected chi connectivity index (χ2v) is 5.90. The first-order valence-electron chi connectivity index (χ1n) is 5.36. The van der Waals surface area contributed by atoms with E-state index in [1.54, 1.807) is 0 Å². The quantitative estimate of drug-likeness (QED) is 0.670. The molecule has 1 aliphatic heterocycles. The highest BCUT2D eigenvalue weighted by molar-refractivity contribution is 7.85. The van der Waals surface area contributed by atoms with E-state index < -0.39 is 10.8 Å². The molecule has 2 aliphatic rings. The van der Waals surface area contributed by atoms with Crippen molar-refractivity contribution in [3.8, 4) is 0 Å². The average Bonchev–Trinajstić information content (AvgIpc) is 2.56. The summed E-state index contributed by atoms with van der Waals surface area (Å²) in [4.78, 5) is 13.7. The predicted octanol–water partition coefficient (Wildman–Crippen LogP) is 0.420. The van der Waals surface area contributed by atoms with Crippen LogP contribution in [0.3, 0.4) is 0 Å². The molecule has 0 radical (unpaired) electrons. The summed E-state index contributed by atoms with van der Waals surface area (Å²) in [5.41, 5.74) is 0. The Kier molecular flexibility index (Phi) is 3.34. The Hall–Kier alpha value is -0.220. The Balaban J connectivity index is 1.80. The zero-order valence-corrected chi connectivity index (χ0v) is 9.22. The maximum Gasteiger partial charge on any atom is 0.137 e. The van der Waals surface area contributed by atoms with Crippen molar-refractivity contribution in [1.82, 2.24) is 4.90 Å². The van der Waals surface area contributed by atoms with Gasteiger partial charge in [0.2, 0.25) is 0 Å².